The number of hydrogen-bond donors (Lipinski definition) is 7. The van der Waals surface area contributed by atoms with Crippen LogP contribution in [0.2, 0.25) is 0 Å². The molecular weight excluding hydrogens is 228 g/mol. The Morgan fingerprint density at radius 3 is 1.23 bits per heavy atom. The molecule has 0 heterocycles. The third-order valence-corrected chi connectivity index (χ3v) is 1.91. The van der Waals surface area contributed by atoms with Crippen molar-refractivity contribution in [3.63, 3.8) is 0 Å². The van der Waals surface area contributed by atoms with E-state index in [0.29, 0.717) is 0 Å². The lowest BCUT2D eigenvalue weighted by Gasteiger charge is -2.03. The van der Waals surface area contributed by atoms with Gasteiger partial charge in [-0.25, -0.2) is 9.13 Å². The number of nitrogens with two attached hydrogens (primary N) is 2. The van der Waals surface area contributed by atoms with E-state index < -0.39 is 15.6 Å². The maximum absolute atomic E-state index is 9.63. The van der Waals surface area contributed by atoms with E-state index in [0.717, 1.165) is 0 Å². The Balaban J connectivity index is 0. The maximum Gasteiger partial charge on any atom is 0.478 e. The molecule has 0 unspecified atom stereocenters. The van der Waals surface area contributed by atoms with E-state index in [-0.39, 0.29) is 5.96 Å². The first kappa shape index (κ1) is 15.0. The molecule has 0 aromatic rings. The van der Waals surface area contributed by atoms with Gasteiger partial charge in [0.2, 0.25) is 0 Å². The molecule has 0 aliphatic carbocycles. The zero-order chi connectivity index (χ0) is 11.3. The van der Waals surface area contributed by atoms with Gasteiger partial charge in [-0.3, -0.25) is 5.41 Å². The normalized spacial score (nSPS) is 11.4. The molecule has 0 aliphatic rings. The molecule has 12 heteroatoms. The van der Waals surface area contributed by atoms with Crippen LogP contribution in [0.15, 0.2) is 0 Å². The fraction of sp³-hybridized carbons (Fsp3) is 0. The molecule has 80 valence electrons. The largest absolute Gasteiger partial charge is 0.478 e. The second kappa shape index (κ2) is 5.30. The molecule has 0 saturated carbocycles. The minimum absolute atomic E-state index is 0.333. The van der Waals surface area contributed by atoms with E-state index >= 15 is 0 Å². The Hall–Kier alpha value is -0.470. The van der Waals surface area contributed by atoms with Crippen molar-refractivity contribution in [3.8, 4) is 0 Å². The minimum Gasteiger partial charge on any atom is -0.370 e. The highest BCUT2D eigenvalue weighted by Crippen LogP contribution is 2.53. The first-order valence-electron chi connectivity index (χ1n) is 2.36. The van der Waals surface area contributed by atoms with Crippen LogP contribution in [0.25, 0.3) is 0 Å². The van der Waals surface area contributed by atoms with E-state index in [1.165, 1.54) is 0 Å². The number of hydrogen-bond acceptors (Lipinski definition) is 4. The molecule has 0 aliphatic heterocycles. The summed E-state index contributed by atoms with van der Waals surface area (Å²) in [5.41, 5.74) is 8.94. The Morgan fingerprint density at radius 1 is 1.08 bits per heavy atom. The van der Waals surface area contributed by atoms with Crippen molar-refractivity contribution in [3.05, 3.63) is 0 Å². The molecule has 0 saturated heterocycles. The van der Waals surface area contributed by atoms with E-state index in [4.69, 9.17) is 25.0 Å². The average Bonchev–Trinajstić information content (AvgIpc) is 1.47. The third kappa shape index (κ3) is 34.2. The Labute approximate surface area is 72.5 Å². The molecule has 0 spiro atoms. The van der Waals surface area contributed by atoms with Gasteiger partial charge >= 0.3 is 15.6 Å². The van der Waals surface area contributed by atoms with Crippen molar-refractivity contribution in [1.29, 1.82) is 5.41 Å². The van der Waals surface area contributed by atoms with Gasteiger partial charge in [0.1, 0.15) is 0 Å². The van der Waals surface area contributed by atoms with Crippen molar-refractivity contribution >= 4 is 21.6 Å². The summed E-state index contributed by atoms with van der Waals surface area (Å²) in [5.74, 6) is -0.333. The summed E-state index contributed by atoms with van der Waals surface area (Å²) in [7, 11) is -10.1. The monoisotopic (exact) mass is 237 g/mol. The summed E-state index contributed by atoms with van der Waals surface area (Å²) < 4.78 is 22.2. The van der Waals surface area contributed by atoms with Crippen LogP contribution in [-0.4, -0.2) is 25.5 Å². The summed E-state index contributed by atoms with van der Waals surface area (Å²) in [6, 6.07) is 0. The smallest absolute Gasteiger partial charge is 0.370 e. The zero-order valence-corrected chi connectivity index (χ0v) is 7.85. The fourth-order valence-corrected chi connectivity index (χ4v) is 1.25. The number of rotatable bonds is 2. The van der Waals surface area contributed by atoms with Crippen LogP contribution < -0.4 is 11.5 Å². The van der Waals surface area contributed by atoms with Gasteiger partial charge in [-0.2, -0.15) is 4.31 Å². The highest BCUT2D eigenvalue weighted by atomic mass is 31.3. The summed E-state index contributed by atoms with van der Waals surface area (Å²) in [6.07, 6.45) is 0. The lowest BCUT2D eigenvalue weighted by molar-refractivity contribution is 0.225. The van der Waals surface area contributed by atoms with Crippen LogP contribution in [0.3, 0.4) is 0 Å². The quantitative estimate of drug-likeness (QED) is 0.161. The van der Waals surface area contributed by atoms with Crippen LogP contribution in [0.4, 0.5) is 0 Å². The number of nitrogens with one attached hydrogen (secondary N) is 1. The highest BCUT2D eigenvalue weighted by Gasteiger charge is 2.27. The van der Waals surface area contributed by atoms with Gasteiger partial charge in [0.15, 0.2) is 5.96 Å². The standard InChI is InChI=1S/CH5N3.H4O7P2/c2-1(3)4;1-8(2,3)7-9(4,5)6/h(H5,2,3,4);(H2,1,2,3)(H2,4,5,6). The van der Waals surface area contributed by atoms with Gasteiger partial charge in [-0.1, -0.05) is 0 Å². The molecule has 0 atom stereocenters. The zero-order valence-electron chi connectivity index (χ0n) is 6.06. The van der Waals surface area contributed by atoms with E-state index in [1.54, 1.807) is 0 Å². The SMILES string of the molecule is N=C(N)N.O=P(O)(O)OP(=O)(O)O. The van der Waals surface area contributed by atoms with Crippen LogP contribution >= 0.6 is 15.6 Å². The second-order valence-electron chi connectivity index (χ2n) is 1.52. The van der Waals surface area contributed by atoms with Gasteiger partial charge in [0.25, 0.3) is 0 Å². The number of phosphoric acid groups is 2. The summed E-state index contributed by atoms with van der Waals surface area (Å²) in [5, 5.41) is 6.06. The average molecular weight is 237 g/mol. The molecule has 9 N–H and O–H groups in total. The predicted molar refractivity (Wildman–Crippen MR) is 41.3 cm³/mol. The lowest BCUT2D eigenvalue weighted by atomic mass is 11.1. The molecule has 10 nitrogen and oxygen atoms in total. The molecule has 0 radical (unpaired) electrons. The second-order valence-corrected chi connectivity index (χ2v) is 4.13. The predicted octanol–water partition coefficient (Wildman–Crippen LogP) is -1.97. The van der Waals surface area contributed by atoms with Gasteiger partial charge in [0, 0.05) is 0 Å². The molecule has 0 amide bonds. The van der Waals surface area contributed by atoms with Crippen molar-refractivity contribution in [2.24, 2.45) is 11.5 Å². The third-order valence-electron chi connectivity index (χ3n) is 0.213. The highest BCUT2D eigenvalue weighted by molar-refractivity contribution is 7.60. The first-order valence-corrected chi connectivity index (χ1v) is 5.42. The van der Waals surface area contributed by atoms with Crippen molar-refractivity contribution in [1.82, 2.24) is 0 Å². The van der Waals surface area contributed by atoms with Crippen molar-refractivity contribution in [2.75, 3.05) is 0 Å². The maximum atomic E-state index is 9.63. The Morgan fingerprint density at radius 2 is 1.23 bits per heavy atom. The fourth-order valence-electron chi connectivity index (χ4n) is 0.139. The van der Waals surface area contributed by atoms with Crippen LogP contribution in [0, 0.1) is 5.41 Å². The Kier molecular flexibility index (Phi) is 6.13. The first-order chi connectivity index (χ1) is 5.44. The van der Waals surface area contributed by atoms with E-state index in [9.17, 15) is 9.13 Å². The van der Waals surface area contributed by atoms with E-state index in [1.807, 2.05) is 0 Å². The molecular formula is CH9N3O7P2. The topological polar surface area (TPSA) is 200 Å². The molecule has 0 fully saturated rings. The van der Waals surface area contributed by atoms with Crippen LogP contribution in [0.1, 0.15) is 0 Å². The van der Waals surface area contributed by atoms with Gasteiger partial charge < -0.3 is 31.0 Å². The molecule has 0 rings (SSSR count). The van der Waals surface area contributed by atoms with Crippen molar-refractivity contribution in [2.45, 2.75) is 0 Å². The van der Waals surface area contributed by atoms with Gasteiger partial charge in [-0.15, -0.1) is 0 Å². The summed E-state index contributed by atoms with van der Waals surface area (Å²) >= 11 is 0. The molecule has 0 bridgehead atoms. The van der Waals surface area contributed by atoms with Crippen LogP contribution in [0.5, 0.6) is 0 Å². The molecule has 0 aromatic heterocycles. The van der Waals surface area contributed by atoms with Crippen LogP contribution in [-0.2, 0) is 13.4 Å². The minimum atomic E-state index is -5.05. The molecule has 13 heavy (non-hydrogen) atoms. The number of guanidine groups is 1. The lowest BCUT2D eigenvalue weighted by Crippen LogP contribution is -2.20. The summed E-state index contributed by atoms with van der Waals surface area (Å²) in [6.45, 7) is 0. The molecule has 0 aromatic carbocycles. The van der Waals surface area contributed by atoms with Crippen molar-refractivity contribution < 1.29 is 33.0 Å². The van der Waals surface area contributed by atoms with Gasteiger partial charge in [0.05, 0.1) is 0 Å². The van der Waals surface area contributed by atoms with Gasteiger partial charge in [-0.05, 0) is 0 Å². The Bertz CT molecular complexity index is 226. The summed E-state index contributed by atoms with van der Waals surface area (Å²) in [4.78, 5) is 31.0. The van der Waals surface area contributed by atoms with E-state index in [2.05, 4.69) is 15.8 Å².